The van der Waals surface area contributed by atoms with Crippen LogP contribution in [0.2, 0.25) is 0 Å². The van der Waals surface area contributed by atoms with E-state index in [1.165, 1.54) is 0 Å². The quantitative estimate of drug-likeness (QED) is 0.723. The smallest absolute Gasteiger partial charge is 0.142 e. The van der Waals surface area contributed by atoms with Crippen LogP contribution >= 0.6 is 23.1 Å². The van der Waals surface area contributed by atoms with Gasteiger partial charge in [0.05, 0.1) is 34.8 Å². The Morgan fingerprint density at radius 2 is 2.14 bits per heavy atom. The van der Waals surface area contributed by atoms with Crippen LogP contribution in [-0.2, 0) is 6.54 Å². The highest BCUT2D eigenvalue weighted by atomic mass is 32.2. The van der Waals surface area contributed by atoms with E-state index in [1.807, 2.05) is 42.8 Å². The van der Waals surface area contributed by atoms with Crippen molar-refractivity contribution in [1.29, 1.82) is 0 Å². The molecule has 21 heavy (non-hydrogen) atoms. The second kappa shape index (κ2) is 6.69. The van der Waals surface area contributed by atoms with Crippen LogP contribution in [0.1, 0.15) is 5.69 Å². The topological polar surface area (TPSA) is 50.7 Å². The molecule has 0 radical (unpaired) electrons. The molecule has 4 nitrogen and oxygen atoms in total. The van der Waals surface area contributed by atoms with E-state index in [0.717, 1.165) is 27.1 Å². The van der Waals surface area contributed by atoms with Gasteiger partial charge in [0.1, 0.15) is 5.01 Å². The van der Waals surface area contributed by atoms with Crippen molar-refractivity contribution in [2.24, 2.45) is 0 Å². The molecule has 0 bridgehead atoms. The van der Waals surface area contributed by atoms with Gasteiger partial charge in [0.15, 0.2) is 0 Å². The second-order valence-corrected chi connectivity index (χ2v) is 5.99. The molecular weight excluding hydrogens is 300 g/mol. The summed E-state index contributed by atoms with van der Waals surface area (Å²) in [4.78, 5) is 13.2. The monoisotopic (exact) mass is 314 g/mol. The van der Waals surface area contributed by atoms with Crippen LogP contribution in [-0.4, -0.2) is 21.2 Å². The Morgan fingerprint density at radius 1 is 1.19 bits per heavy atom. The lowest BCUT2D eigenvalue weighted by molar-refractivity contribution is 1.05. The predicted molar refractivity (Wildman–Crippen MR) is 88.7 cm³/mol. The number of thioether (sulfide) groups is 1. The normalized spacial score (nSPS) is 10.5. The van der Waals surface area contributed by atoms with Crippen molar-refractivity contribution in [3.05, 3.63) is 53.8 Å². The van der Waals surface area contributed by atoms with Crippen molar-refractivity contribution in [3.8, 4) is 10.7 Å². The third-order valence-corrected chi connectivity index (χ3v) is 4.43. The molecule has 6 heteroatoms. The van der Waals surface area contributed by atoms with Crippen molar-refractivity contribution in [2.45, 2.75) is 11.6 Å². The zero-order chi connectivity index (χ0) is 14.5. The molecule has 3 rings (SSSR count). The van der Waals surface area contributed by atoms with Crippen molar-refractivity contribution >= 4 is 28.8 Å². The van der Waals surface area contributed by atoms with Gasteiger partial charge in [-0.05, 0) is 30.5 Å². The minimum absolute atomic E-state index is 0.684. The minimum atomic E-state index is 0.684. The fourth-order valence-electron chi connectivity index (χ4n) is 1.79. The van der Waals surface area contributed by atoms with Gasteiger partial charge < -0.3 is 5.32 Å². The van der Waals surface area contributed by atoms with Crippen LogP contribution in [0.3, 0.4) is 0 Å². The van der Waals surface area contributed by atoms with Gasteiger partial charge in [0.25, 0.3) is 0 Å². The first-order valence-corrected chi connectivity index (χ1v) is 8.55. The van der Waals surface area contributed by atoms with Crippen LogP contribution in [0.4, 0.5) is 5.69 Å². The van der Waals surface area contributed by atoms with Crippen LogP contribution in [0.15, 0.2) is 53.1 Å². The SMILES string of the molecule is CSc1ccc(NCc2csc(-c3ccccn3)n2)cn1. The number of hydrogen-bond donors (Lipinski definition) is 1. The summed E-state index contributed by atoms with van der Waals surface area (Å²) < 4.78 is 0. The highest BCUT2D eigenvalue weighted by molar-refractivity contribution is 7.98. The number of rotatable bonds is 5. The molecular formula is C15H14N4S2. The molecule has 3 heterocycles. The van der Waals surface area contributed by atoms with Gasteiger partial charge in [-0.1, -0.05) is 6.07 Å². The average Bonchev–Trinajstić information content (AvgIpc) is 3.03. The molecule has 106 valence electrons. The maximum atomic E-state index is 4.60. The first-order chi connectivity index (χ1) is 10.3. The summed E-state index contributed by atoms with van der Waals surface area (Å²) in [6.07, 6.45) is 5.65. The third-order valence-electron chi connectivity index (χ3n) is 2.85. The number of hydrogen-bond acceptors (Lipinski definition) is 6. The number of pyridine rings is 2. The van der Waals surface area contributed by atoms with Gasteiger partial charge in [-0.25, -0.2) is 9.97 Å². The number of thiazole rings is 1. The number of anilines is 1. The standard InChI is InChI=1S/C15H14N4S2/c1-20-14-6-5-11(8-18-14)17-9-12-10-21-15(19-12)13-4-2-3-7-16-13/h2-8,10,17H,9H2,1H3. The minimum Gasteiger partial charge on any atom is -0.378 e. The summed E-state index contributed by atoms with van der Waals surface area (Å²) in [5, 5.41) is 7.35. The number of aromatic nitrogens is 3. The van der Waals surface area contributed by atoms with Crippen LogP contribution < -0.4 is 5.32 Å². The summed E-state index contributed by atoms with van der Waals surface area (Å²) in [6, 6.07) is 9.89. The van der Waals surface area contributed by atoms with Crippen molar-refractivity contribution in [3.63, 3.8) is 0 Å². The Bertz CT molecular complexity index is 695. The third kappa shape index (κ3) is 3.59. The van der Waals surface area contributed by atoms with Crippen LogP contribution in [0.5, 0.6) is 0 Å². The first-order valence-electron chi connectivity index (χ1n) is 6.45. The van der Waals surface area contributed by atoms with Crippen molar-refractivity contribution in [1.82, 2.24) is 15.0 Å². The predicted octanol–water partition coefficient (Wildman–Crippen LogP) is 3.93. The van der Waals surface area contributed by atoms with Gasteiger partial charge in [-0.2, -0.15) is 0 Å². The Kier molecular flexibility index (Phi) is 4.47. The molecule has 0 amide bonds. The molecule has 0 aliphatic rings. The summed E-state index contributed by atoms with van der Waals surface area (Å²) in [6.45, 7) is 0.684. The summed E-state index contributed by atoms with van der Waals surface area (Å²) in [5.74, 6) is 0. The molecule has 0 spiro atoms. The largest absolute Gasteiger partial charge is 0.378 e. The average molecular weight is 314 g/mol. The van der Waals surface area contributed by atoms with Gasteiger partial charge in [0.2, 0.25) is 0 Å². The summed E-state index contributed by atoms with van der Waals surface area (Å²) in [5.41, 5.74) is 2.93. The van der Waals surface area contributed by atoms with Gasteiger partial charge in [0, 0.05) is 11.6 Å². The molecule has 0 saturated heterocycles. The van der Waals surface area contributed by atoms with E-state index < -0.39 is 0 Å². The molecule has 0 fully saturated rings. The zero-order valence-corrected chi connectivity index (χ0v) is 13.1. The molecule has 0 aliphatic heterocycles. The molecule has 3 aromatic heterocycles. The molecule has 1 N–H and O–H groups in total. The molecule has 3 aromatic rings. The van der Waals surface area contributed by atoms with E-state index in [0.29, 0.717) is 6.54 Å². The van der Waals surface area contributed by atoms with E-state index >= 15 is 0 Å². The Labute approximate surface area is 131 Å². The van der Waals surface area contributed by atoms with Crippen LogP contribution in [0, 0.1) is 0 Å². The molecule has 0 aliphatic carbocycles. The van der Waals surface area contributed by atoms with E-state index in [2.05, 4.69) is 25.6 Å². The Hall–Kier alpha value is -1.92. The lowest BCUT2D eigenvalue weighted by Gasteiger charge is -2.04. The number of nitrogens with one attached hydrogen (secondary N) is 1. The molecule has 0 unspecified atom stereocenters. The Morgan fingerprint density at radius 3 is 2.86 bits per heavy atom. The number of nitrogens with zero attached hydrogens (tertiary/aromatic N) is 3. The van der Waals surface area contributed by atoms with E-state index in [1.54, 1.807) is 29.3 Å². The van der Waals surface area contributed by atoms with Crippen LogP contribution in [0.25, 0.3) is 10.7 Å². The van der Waals surface area contributed by atoms with E-state index in [9.17, 15) is 0 Å². The van der Waals surface area contributed by atoms with Gasteiger partial charge in [-0.15, -0.1) is 23.1 Å². The molecule has 0 saturated carbocycles. The molecule has 0 aromatic carbocycles. The van der Waals surface area contributed by atoms with E-state index in [4.69, 9.17) is 0 Å². The zero-order valence-electron chi connectivity index (χ0n) is 11.5. The maximum Gasteiger partial charge on any atom is 0.142 e. The summed E-state index contributed by atoms with van der Waals surface area (Å²) in [7, 11) is 0. The summed E-state index contributed by atoms with van der Waals surface area (Å²) >= 11 is 3.25. The lowest BCUT2D eigenvalue weighted by atomic mass is 10.3. The van der Waals surface area contributed by atoms with Crippen molar-refractivity contribution in [2.75, 3.05) is 11.6 Å². The molecule has 0 atom stereocenters. The highest BCUT2D eigenvalue weighted by Gasteiger charge is 2.05. The first kappa shape index (κ1) is 14.0. The second-order valence-electron chi connectivity index (χ2n) is 4.30. The highest BCUT2D eigenvalue weighted by Crippen LogP contribution is 2.22. The van der Waals surface area contributed by atoms with Crippen molar-refractivity contribution < 1.29 is 0 Å². The van der Waals surface area contributed by atoms with Gasteiger partial charge in [-0.3, -0.25) is 4.98 Å². The lowest BCUT2D eigenvalue weighted by Crippen LogP contribution is -2.00. The van der Waals surface area contributed by atoms with E-state index in [-0.39, 0.29) is 0 Å². The Balaban J connectivity index is 1.64. The fourth-order valence-corrected chi connectivity index (χ4v) is 2.95. The van der Waals surface area contributed by atoms with Gasteiger partial charge >= 0.3 is 0 Å². The maximum absolute atomic E-state index is 4.60. The fraction of sp³-hybridized carbons (Fsp3) is 0.133.